The fraction of sp³-hybridized carbons (Fsp3) is 0.368. The predicted molar refractivity (Wildman–Crippen MR) is 94.3 cm³/mol. The van der Waals surface area contributed by atoms with Crippen LogP contribution in [0.5, 0.6) is 0 Å². The van der Waals surface area contributed by atoms with E-state index in [1.54, 1.807) is 13.8 Å². The number of nitrogens with one attached hydrogen (secondary N) is 1. The second-order valence-electron chi connectivity index (χ2n) is 5.65. The van der Waals surface area contributed by atoms with Gasteiger partial charge in [-0.2, -0.15) is 0 Å². The quantitative estimate of drug-likeness (QED) is 0.549. The molecule has 0 bridgehead atoms. The SMILES string of the molecule is C=CCOC(=O)C1=C(C)NC(C)=C(C(=O)OCC=C)C1C1=COCCO1. The van der Waals surface area contributed by atoms with Crippen LogP contribution in [-0.2, 0) is 28.5 Å². The lowest BCUT2D eigenvalue weighted by atomic mass is 9.84. The van der Waals surface area contributed by atoms with E-state index in [4.69, 9.17) is 18.9 Å². The van der Waals surface area contributed by atoms with Gasteiger partial charge in [0.2, 0.25) is 0 Å². The molecule has 2 aliphatic rings. The Kier molecular flexibility index (Phi) is 6.66. The third-order valence-electron chi connectivity index (χ3n) is 3.82. The number of dihydropyridines is 1. The summed E-state index contributed by atoms with van der Waals surface area (Å²) in [5.41, 5.74) is 1.66. The van der Waals surface area contributed by atoms with Crippen LogP contribution < -0.4 is 5.32 Å². The van der Waals surface area contributed by atoms with Gasteiger partial charge in [-0.1, -0.05) is 25.3 Å². The Morgan fingerprint density at radius 1 is 1.12 bits per heavy atom. The third-order valence-corrected chi connectivity index (χ3v) is 3.82. The van der Waals surface area contributed by atoms with Crippen molar-refractivity contribution in [2.45, 2.75) is 13.8 Å². The van der Waals surface area contributed by atoms with Crippen LogP contribution in [-0.4, -0.2) is 38.4 Å². The highest BCUT2D eigenvalue weighted by atomic mass is 16.6. The molecule has 26 heavy (non-hydrogen) atoms. The van der Waals surface area contributed by atoms with E-state index in [1.165, 1.54) is 18.4 Å². The molecule has 0 saturated carbocycles. The molecule has 0 fully saturated rings. The van der Waals surface area contributed by atoms with Crippen LogP contribution in [0.3, 0.4) is 0 Å². The molecule has 7 nitrogen and oxygen atoms in total. The number of rotatable bonds is 7. The topological polar surface area (TPSA) is 83.1 Å². The molecule has 2 rings (SSSR count). The lowest BCUT2D eigenvalue weighted by Gasteiger charge is -2.32. The summed E-state index contributed by atoms with van der Waals surface area (Å²) in [6.07, 6.45) is 4.36. The van der Waals surface area contributed by atoms with Gasteiger partial charge in [0.1, 0.15) is 38.4 Å². The van der Waals surface area contributed by atoms with E-state index in [0.29, 0.717) is 30.4 Å². The van der Waals surface area contributed by atoms with Gasteiger partial charge in [0, 0.05) is 11.4 Å². The van der Waals surface area contributed by atoms with Gasteiger partial charge in [0.15, 0.2) is 0 Å². The number of ether oxygens (including phenoxy) is 4. The Morgan fingerprint density at radius 2 is 1.65 bits per heavy atom. The first kappa shape index (κ1) is 19.4. The van der Waals surface area contributed by atoms with Gasteiger partial charge < -0.3 is 24.3 Å². The zero-order chi connectivity index (χ0) is 19.1. The van der Waals surface area contributed by atoms with E-state index in [-0.39, 0.29) is 24.4 Å². The van der Waals surface area contributed by atoms with Crippen molar-refractivity contribution < 1.29 is 28.5 Å². The molecule has 2 aliphatic heterocycles. The zero-order valence-corrected chi connectivity index (χ0v) is 15.0. The average Bonchev–Trinajstić information content (AvgIpc) is 2.64. The summed E-state index contributed by atoms with van der Waals surface area (Å²) in [5, 5.41) is 3.05. The fourth-order valence-electron chi connectivity index (χ4n) is 2.78. The Labute approximate surface area is 152 Å². The maximum atomic E-state index is 12.6. The summed E-state index contributed by atoms with van der Waals surface area (Å²) in [4.78, 5) is 25.3. The van der Waals surface area contributed by atoms with Gasteiger partial charge in [-0.15, -0.1) is 0 Å². The minimum absolute atomic E-state index is 0.0533. The van der Waals surface area contributed by atoms with Crippen LogP contribution in [0.4, 0.5) is 0 Å². The van der Waals surface area contributed by atoms with Crippen LogP contribution in [0.1, 0.15) is 13.8 Å². The van der Waals surface area contributed by atoms with E-state index in [0.717, 1.165) is 0 Å². The Hall–Kier alpha value is -2.96. The molecule has 2 heterocycles. The molecule has 140 valence electrons. The van der Waals surface area contributed by atoms with Crippen molar-refractivity contribution >= 4 is 11.9 Å². The maximum absolute atomic E-state index is 12.6. The van der Waals surface area contributed by atoms with E-state index in [2.05, 4.69) is 18.5 Å². The van der Waals surface area contributed by atoms with Crippen molar-refractivity contribution in [2.75, 3.05) is 26.4 Å². The lowest BCUT2D eigenvalue weighted by Crippen LogP contribution is -2.36. The van der Waals surface area contributed by atoms with Crippen LogP contribution in [0, 0.1) is 5.92 Å². The summed E-state index contributed by atoms with van der Waals surface area (Å²) >= 11 is 0. The fourth-order valence-corrected chi connectivity index (χ4v) is 2.78. The van der Waals surface area contributed by atoms with Crippen LogP contribution in [0.2, 0.25) is 0 Å². The van der Waals surface area contributed by atoms with E-state index in [9.17, 15) is 9.59 Å². The Bertz CT molecular complexity index is 655. The number of allylic oxidation sites excluding steroid dienone is 3. The summed E-state index contributed by atoms with van der Waals surface area (Å²) in [6.45, 7) is 11.4. The van der Waals surface area contributed by atoms with Gasteiger partial charge in [-0.05, 0) is 13.8 Å². The highest BCUT2D eigenvalue weighted by Crippen LogP contribution is 2.37. The number of carbonyl (C=O) groups is 2. The largest absolute Gasteiger partial charge is 0.494 e. The molecule has 0 aromatic rings. The summed E-state index contributed by atoms with van der Waals surface area (Å²) in [5.74, 6) is -1.58. The first-order valence-corrected chi connectivity index (χ1v) is 8.20. The number of hydrogen-bond donors (Lipinski definition) is 1. The Morgan fingerprint density at radius 3 is 2.08 bits per heavy atom. The average molecular weight is 361 g/mol. The maximum Gasteiger partial charge on any atom is 0.337 e. The summed E-state index contributed by atoms with van der Waals surface area (Å²) in [7, 11) is 0. The first-order valence-electron chi connectivity index (χ1n) is 8.20. The minimum Gasteiger partial charge on any atom is -0.494 e. The highest BCUT2D eigenvalue weighted by Gasteiger charge is 2.41. The van der Waals surface area contributed by atoms with Crippen molar-refractivity contribution in [2.24, 2.45) is 5.92 Å². The van der Waals surface area contributed by atoms with E-state index in [1.807, 2.05) is 0 Å². The predicted octanol–water partition coefficient (Wildman–Crippen LogP) is 2.10. The molecule has 0 aliphatic carbocycles. The molecule has 0 radical (unpaired) electrons. The van der Waals surface area contributed by atoms with Gasteiger partial charge in [-0.25, -0.2) is 9.59 Å². The van der Waals surface area contributed by atoms with Crippen molar-refractivity contribution in [3.05, 3.63) is 59.9 Å². The van der Waals surface area contributed by atoms with Gasteiger partial charge in [-0.3, -0.25) is 0 Å². The summed E-state index contributed by atoms with van der Waals surface area (Å²) < 4.78 is 21.4. The monoisotopic (exact) mass is 361 g/mol. The second-order valence-corrected chi connectivity index (χ2v) is 5.65. The van der Waals surface area contributed by atoms with E-state index >= 15 is 0 Å². The van der Waals surface area contributed by atoms with Gasteiger partial charge in [0.25, 0.3) is 0 Å². The van der Waals surface area contributed by atoms with Gasteiger partial charge >= 0.3 is 11.9 Å². The molecule has 7 heteroatoms. The van der Waals surface area contributed by atoms with Crippen molar-refractivity contribution in [1.29, 1.82) is 0 Å². The highest BCUT2D eigenvalue weighted by molar-refractivity contribution is 5.98. The first-order chi connectivity index (χ1) is 12.5. The van der Waals surface area contributed by atoms with E-state index < -0.39 is 17.9 Å². The normalized spacial score (nSPS) is 17.4. The van der Waals surface area contributed by atoms with Crippen molar-refractivity contribution in [1.82, 2.24) is 5.32 Å². The lowest BCUT2D eigenvalue weighted by molar-refractivity contribution is -0.139. The number of hydrogen-bond acceptors (Lipinski definition) is 7. The number of esters is 2. The standard InChI is InChI=1S/C19H23NO6/c1-5-7-25-18(21)15-12(3)20-13(4)16(19(22)26-8-6-2)17(15)14-11-23-9-10-24-14/h5-6,11,17,20H,1-2,7-10H2,3-4H3. The minimum atomic E-state index is -0.786. The Balaban J connectivity index is 2.48. The molecule has 0 atom stereocenters. The molecular weight excluding hydrogens is 338 g/mol. The third kappa shape index (κ3) is 4.17. The molecule has 1 N–H and O–H groups in total. The van der Waals surface area contributed by atoms with Crippen LogP contribution >= 0.6 is 0 Å². The smallest absolute Gasteiger partial charge is 0.337 e. The molecule has 0 unspecified atom stereocenters. The molecular formula is C19H23NO6. The zero-order valence-electron chi connectivity index (χ0n) is 15.0. The molecule has 0 spiro atoms. The van der Waals surface area contributed by atoms with Crippen molar-refractivity contribution in [3.8, 4) is 0 Å². The van der Waals surface area contributed by atoms with Crippen LogP contribution in [0.25, 0.3) is 0 Å². The molecule has 0 amide bonds. The number of carbonyl (C=O) groups excluding carboxylic acids is 2. The molecule has 0 aromatic carbocycles. The second kappa shape index (κ2) is 8.94. The van der Waals surface area contributed by atoms with Gasteiger partial charge in [0.05, 0.1) is 17.1 Å². The molecule has 0 saturated heterocycles. The molecule has 0 aromatic heterocycles. The summed E-state index contributed by atoms with van der Waals surface area (Å²) in [6, 6.07) is 0. The van der Waals surface area contributed by atoms with Crippen LogP contribution in [0.15, 0.2) is 59.9 Å². The van der Waals surface area contributed by atoms with Crippen molar-refractivity contribution in [3.63, 3.8) is 0 Å².